The van der Waals surface area contributed by atoms with Gasteiger partial charge in [-0.3, -0.25) is 4.79 Å². The Morgan fingerprint density at radius 3 is 2.57 bits per heavy atom. The van der Waals surface area contributed by atoms with Gasteiger partial charge in [0, 0.05) is 6.42 Å². The van der Waals surface area contributed by atoms with Gasteiger partial charge in [0.2, 0.25) is 0 Å². The van der Waals surface area contributed by atoms with Crippen molar-refractivity contribution in [3.63, 3.8) is 0 Å². The van der Waals surface area contributed by atoms with Crippen molar-refractivity contribution in [2.75, 3.05) is 0 Å². The molecule has 0 unspecified atom stereocenters. The highest BCUT2D eigenvalue weighted by atomic mass is 79.9. The molecule has 2 nitrogen and oxygen atoms in total. The van der Waals surface area contributed by atoms with Crippen LogP contribution in [0.3, 0.4) is 0 Å². The molecule has 14 heavy (non-hydrogen) atoms. The minimum atomic E-state index is 0.139. The molecule has 0 saturated carbocycles. The third kappa shape index (κ3) is 3.29. The van der Waals surface area contributed by atoms with E-state index in [0.29, 0.717) is 16.7 Å². The minimum Gasteiger partial charge on any atom is -0.457 e. The summed E-state index contributed by atoms with van der Waals surface area (Å²) in [4.78, 5) is 11.7. The molecule has 0 spiro atoms. The molecule has 1 heterocycles. The van der Waals surface area contributed by atoms with Crippen LogP contribution in [-0.2, 0) is 0 Å². The molecular formula is C11H15BrO2. The maximum Gasteiger partial charge on any atom is 0.179 e. The second kappa shape index (κ2) is 4.30. The van der Waals surface area contributed by atoms with Gasteiger partial charge in [0.1, 0.15) is 0 Å². The summed E-state index contributed by atoms with van der Waals surface area (Å²) in [5.74, 6) is 0.139. The summed E-state index contributed by atoms with van der Waals surface area (Å²) in [7, 11) is 0. The number of halogens is 1. The maximum atomic E-state index is 11.7. The molecule has 0 N–H and O–H groups in total. The van der Waals surface area contributed by atoms with Crippen molar-refractivity contribution >= 4 is 21.7 Å². The average Bonchev–Trinajstić information content (AvgIpc) is 2.46. The molecule has 0 aliphatic carbocycles. The number of ketones is 1. The Kier molecular flexibility index (Phi) is 3.53. The standard InChI is InChI=1S/C11H15BrO2/c1-11(2,3)6-4-9(13)8-5-7-14-10(8)12/h5,7H,4,6H2,1-3H3. The second-order valence-corrected chi connectivity index (χ2v) is 5.31. The molecule has 0 aliphatic heterocycles. The lowest BCUT2D eigenvalue weighted by Crippen LogP contribution is -2.08. The maximum absolute atomic E-state index is 11.7. The lowest BCUT2D eigenvalue weighted by Gasteiger charge is -2.16. The van der Waals surface area contributed by atoms with Gasteiger partial charge in [-0.05, 0) is 33.8 Å². The first-order valence-electron chi connectivity index (χ1n) is 4.66. The highest BCUT2D eigenvalue weighted by molar-refractivity contribution is 9.10. The molecule has 1 aromatic rings. The number of Topliss-reactive ketones (excluding diaryl/α,β-unsaturated/α-hetero) is 1. The topological polar surface area (TPSA) is 30.2 Å². The summed E-state index contributed by atoms with van der Waals surface area (Å²) in [6, 6.07) is 1.70. The number of hydrogen-bond donors (Lipinski definition) is 0. The zero-order valence-corrected chi connectivity index (χ0v) is 10.3. The van der Waals surface area contributed by atoms with Crippen molar-refractivity contribution in [3.8, 4) is 0 Å². The monoisotopic (exact) mass is 258 g/mol. The molecule has 0 aromatic carbocycles. The molecule has 78 valence electrons. The van der Waals surface area contributed by atoms with Crippen LogP contribution in [0.2, 0.25) is 0 Å². The van der Waals surface area contributed by atoms with Gasteiger partial charge in [0.05, 0.1) is 11.8 Å². The van der Waals surface area contributed by atoms with E-state index in [1.165, 1.54) is 6.26 Å². The fourth-order valence-corrected chi connectivity index (χ4v) is 1.58. The Balaban J connectivity index is 2.56. The molecular weight excluding hydrogens is 244 g/mol. The van der Waals surface area contributed by atoms with Crippen molar-refractivity contribution in [2.24, 2.45) is 5.41 Å². The van der Waals surface area contributed by atoms with Crippen LogP contribution in [0.15, 0.2) is 21.4 Å². The first kappa shape index (κ1) is 11.5. The number of carbonyl (C=O) groups excluding carboxylic acids is 1. The van der Waals surface area contributed by atoms with E-state index in [9.17, 15) is 4.79 Å². The Morgan fingerprint density at radius 1 is 1.50 bits per heavy atom. The van der Waals surface area contributed by atoms with Crippen LogP contribution in [0, 0.1) is 5.41 Å². The van der Waals surface area contributed by atoms with Crippen molar-refractivity contribution in [3.05, 3.63) is 22.6 Å². The van der Waals surface area contributed by atoms with Crippen LogP contribution in [0.4, 0.5) is 0 Å². The summed E-state index contributed by atoms with van der Waals surface area (Å²) in [5.41, 5.74) is 0.848. The minimum absolute atomic E-state index is 0.139. The van der Waals surface area contributed by atoms with Gasteiger partial charge in [0.25, 0.3) is 0 Å². The van der Waals surface area contributed by atoms with Gasteiger partial charge in [-0.15, -0.1) is 0 Å². The largest absolute Gasteiger partial charge is 0.457 e. The number of furan rings is 1. The molecule has 0 amide bonds. The normalized spacial score (nSPS) is 11.7. The summed E-state index contributed by atoms with van der Waals surface area (Å²) >= 11 is 3.20. The van der Waals surface area contributed by atoms with Gasteiger partial charge >= 0.3 is 0 Å². The zero-order chi connectivity index (χ0) is 10.8. The van der Waals surface area contributed by atoms with E-state index in [0.717, 1.165) is 6.42 Å². The summed E-state index contributed by atoms with van der Waals surface area (Å²) in [6.45, 7) is 6.39. The van der Waals surface area contributed by atoms with Crippen molar-refractivity contribution < 1.29 is 9.21 Å². The summed E-state index contributed by atoms with van der Waals surface area (Å²) < 4.78 is 5.55. The Hall–Kier alpha value is -0.570. The van der Waals surface area contributed by atoms with Crippen LogP contribution >= 0.6 is 15.9 Å². The zero-order valence-electron chi connectivity index (χ0n) is 8.76. The molecule has 0 saturated heterocycles. The summed E-state index contributed by atoms with van der Waals surface area (Å²) in [6.07, 6.45) is 2.99. The predicted octanol–water partition coefficient (Wildman–Crippen LogP) is 4.05. The SMILES string of the molecule is CC(C)(C)CCC(=O)c1ccoc1Br. The van der Waals surface area contributed by atoms with Crippen LogP contribution in [0.5, 0.6) is 0 Å². The molecule has 3 heteroatoms. The van der Waals surface area contributed by atoms with Crippen molar-refractivity contribution in [1.82, 2.24) is 0 Å². The van der Waals surface area contributed by atoms with Gasteiger partial charge in [-0.25, -0.2) is 0 Å². The van der Waals surface area contributed by atoms with Gasteiger partial charge in [-0.1, -0.05) is 20.8 Å². The highest BCUT2D eigenvalue weighted by Crippen LogP contribution is 2.24. The van der Waals surface area contributed by atoms with Crippen LogP contribution in [-0.4, -0.2) is 5.78 Å². The molecule has 0 radical (unpaired) electrons. The Morgan fingerprint density at radius 2 is 2.14 bits per heavy atom. The Labute approximate surface area is 92.8 Å². The van der Waals surface area contributed by atoms with Crippen LogP contribution < -0.4 is 0 Å². The fourth-order valence-electron chi connectivity index (χ4n) is 1.12. The van der Waals surface area contributed by atoms with Crippen molar-refractivity contribution in [1.29, 1.82) is 0 Å². The van der Waals surface area contributed by atoms with E-state index in [2.05, 4.69) is 36.7 Å². The number of rotatable bonds is 3. The third-order valence-electron chi connectivity index (χ3n) is 2.02. The molecule has 1 rings (SSSR count). The molecule has 1 aromatic heterocycles. The third-order valence-corrected chi connectivity index (χ3v) is 2.63. The van der Waals surface area contributed by atoms with Gasteiger partial charge in [-0.2, -0.15) is 0 Å². The van der Waals surface area contributed by atoms with E-state index in [1.807, 2.05) is 0 Å². The van der Waals surface area contributed by atoms with Gasteiger partial charge < -0.3 is 4.42 Å². The van der Waals surface area contributed by atoms with E-state index in [1.54, 1.807) is 6.07 Å². The molecule has 0 atom stereocenters. The van der Waals surface area contributed by atoms with Crippen LogP contribution in [0.25, 0.3) is 0 Å². The second-order valence-electron chi connectivity index (χ2n) is 4.59. The first-order chi connectivity index (χ1) is 6.40. The fraction of sp³-hybridized carbons (Fsp3) is 0.545. The molecule has 0 fully saturated rings. The lowest BCUT2D eigenvalue weighted by atomic mass is 9.89. The number of hydrogen-bond acceptors (Lipinski definition) is 2. The summed E-state index contributed by atoms with van der Waals surface area (Å²) in [5, 5.41) is 0. The average molecular weight is 259 g/mol. The lowest BCUT2D eigenvalue weighted by molar-refractivity contribution is 0.0964. The van der Waals surface area contributed by atoms with Crippen LogP contribution in [0.1, 0.15) is 44.0 Å². The Bertz CT molecular complexity index is 320. The van der Waals surface area contributed by atoms with E-state index in [-0.39, 0.29) is 11.2 Å². The highest BCUT2D eigenvalue weighted by Gasteiger charge is 2.16. The first-order valence-corrected chi connectivity index (χ1v) is 5.46. The smallest absolute Gasteiger partial charge is 0.179 e. The van der Waals surface area contributed by atoms with Crippen molar-refractivity contribution in [2.45, 2.75) is 33.6 Å². The van der Waals surface area contributed by atoms with E-state index >= 15 is 0 Å². The number of carbonyl (C=O) groups is 1. The quantitative estimate of drug-likeness (QED) is 0.766. The van der Waals surface area contributed by atoms with E-state index in [4.69, 9.17) is 4.42 Å². The van der Waals surface area contributed by atoms with E-state index < -0.39 is 0 Å². The van der Waals surface area contributed by atoms with Gasteiger partial charge in [0.15, 0.2) is 10.5 Å². The molecule has 0 aliphatic rings. The molecule has 0 bridgehead atoms. The predicted molar refractivity (Wildman–Crippen MR) is 59.4 cm³/mol.